The van der Waals surface area contributed by atoms with Crippen LogP contribution >= 0.6 is 23.4 Å². The second-order valence-corrected chi connectivity index (χ2v) is 8.84. The van der Waals surface area contributed by atoms with E-state index >= 15 is 0 Å². The van der Waals surface area contributed by atoms with Crippen LogP contribution < -0.4 is 14.4 Å². The van der Waals surface area contributed by atoms with Crippen LogP contribution in [0.2, 0.25) is 5.02 Å². The van der Waals surface area contributed by atoms with Crippen LogP contribution in [0.3, 0.4) is 0 Å². The van der Waals surface area contributed by atoms with Crippen molar-refractivity contribution in [2.45, 2.75) is 35.6 Å². The number of esters is 1. The number of thioether (sulfide) groups is 1. The second-order valence-electron chi connectivity index (χ2n) is 7.11. The van der Waals surface area contributed by atoms with Gasteiger partial charge in [-0.25, -0.2) is 4.79 Å². The molecule has 2 aromatic carbocycles. The maximum absolute atomic E-state index is 13.1. The number of ether oxygens (including phenoxy) is 3. The minimum Gasteiger partial charge on any atom is -0.489 e. The van der Waals surface area contributed by atoms with E-state index in [9.17, 15) is 9.59 Å². The van der Waals surface area contributed by atoms with E-state index in [1.54, 1.807) is 17.0 Å². The number of hydrogen-bond donors (Lipinski definition) is 0. The van der Waals surface area contributed by atoms with Gasteiger partial charge >= 0.3 is 5.97 Å². The largest absolute Gasteiger partial charge is 0.489 e. The van der Waals surface area contributed by atoms with Crippen LogP contribution in [-0.4, -0.2) is 30.0 Å². The van der Waals surface area contributed by atoms with Gasteiger partial charge in [-0.05, 0) is 29.8 Å². The topological polar surface area (TPSA) is 65.1 Å². The molecule has 5 rings (SSSR count). The molecule has 8 heteroatoms. The van der Waals surface area contributed by atoms with Crippen LogP contribution in [0.25, 0.3) is 0 Å². The van der Waals surface area contributed by atoms with E-state index in [-0.39, 0.29) is 12.5 Å². The number of carbonyl (C=O) groups is 2. The number of carbonyl (C=O) groups excluding carboxylic acids is 2. The fraction of sp³-hybridized carbons (Fsp3) is 0.333. The standard InChI is InChI=1S/C21H18ClNO5S/c22-14-10-13(11-16-19(14)27-9-3-8-26-16)12-28-20(25)21-7-6-18(24)23(21)15-4-1-2-5-17(15)29-21/h1-2,4-5,10-11H,3,6-9,12H2. The van der Waals surface area contributed by atoms with E-state index in [0.717, 1.165) is 17.0 Å². The number of benzene rings is 2. The van der Waals surface area contributed by atoms with Crippen LogP contribution in [0.5, 0.6) is 11.5 Å². The summed E-state index contributed by atoms with van der Waals surface area (Å²) in [6.07, 6.45) is 1.53. The summed E-state index contributed by atoms with van der Waals surface area (Å²) < 4.78 is 17.0. The van der Waals surface area contributed by atoms with E-state index in [4.69, 9.17) is 25.8 Å². The Hall–Kier alpha value is -2.38. The zero-order chi connectivity index (χ0) is 20.0. The quantitative estimate of drug-likeness (QED) is 0.679. The third-order valence-electron chi connectivity index (χ3n) is 5.22. The van der Waals surface area contributed by atoms with Crippen molar-refractivity contribution in [3.05, 3.63) is 47.0 Å². The molecular weight excluding hydrogens is 414 g/mol. The lowest BCUT2D eigenvalue weighted by Crippen LogP contribution is -2.47. The summed E-state index contributed by atoms with van der Waals surface area (Å²) in [6.45, 7) is 1.13. The van der Waals surface area contributed by atoms with Gasteiger partial charge in [-0.3, -0.25) is 9.69 Å². The van der Waals surface area contributed by atoms with Crippen molar-refractivity contribution in [3.63, 3.8) is 0 Å². The van der Waals surface area contributed by atoms with Crippen LogP contribution in [0.1, 0.15) is 24.8 Å². The number of anilines is 1. The Bertz CT molecular complexity index is 1010. The highest BCUT2D eigenvalue weighted by Gasteiger charge is 2.58. The van der Waals surface area contributed by atoms with E-state index in [1.165, 1.54) is 11.8 Å². The number of fused-ring (bicyclic) bond motifs is 4. The lowest BCUT2D eigenvalue weighted by Gasteiger charge is -2.28. The van der Waals surface area contributed by atoms with Gasteiger partial charge in [0.15, 0.2) is 16.4 Å². The Balaban J connectivity index is 1.37. The van der Waals surface area contributed by atoms with Gasteiger partial charge in [0.2, 0.25) is 5.91 Å². The fourth-order valence-corrected chi connectivity index (χ4v) is 5.60. The van der Waals surface area contributed by atoms with Gasteiger partial charge < -0.3 is 14.2 Å². The zero-order valence-corrected chi connectivity index (χ0v) is 17.1. The molecule has 2 aromatic rings. The number of amides is 1. The van der Waals surface area contributed by atoms with Crippen LogP contribution in [0, 0.1) is 0 Å². The highest BCUT2D eigenvalue weighted by Crippen LogP contribution is 2.56. The Morgan fingerprint density at radius 2 is 2.07 bits per heavy atom. The molecule has 29 heavy (non-hydrogen) atoms. The molecule has 0 spiro atoms. The normalized spacial score (nSPS) is 22.1. The highest BCUT2D eigenvalue weighted by molar-refractivity contribution is 8.02. The van der Waals surface area contributed by atoms with Crippen molar-refractivity contribution in [2.75, 3.05) is 18.1 Å². The van der Waals surface area contributed by atoms with Crippen molar-refractivity contribution < 1.29 is 23.8 Å². The van der Waals surface area contributed by atoms with Gasteiger partial charge in [0.25, 0.3) is 0 Å². The Kier molecular flexibility index (Phi) is 4.59. The van der Waals surface area contributed by atoms with Gasteiger partial charge in [-0.2, -0.15) is 0 Å². The predicted octanol–water partition coefficient (Wildman–Crippen LogP) is 4.17. The summed E-state index contributed by atoms with van der Waals surface area (Å²) >= 11 is 7.72. The van der Waals surface area contributed by atoms with E-state index < -0.39 is 10.8 Å². The average molecular weight is 432 g/mol. The number of hydrogen-bond acceptors (Lipinski definition) is 6. The molecule has 1 unspecified atom stereocenters. The molecule has 1 atom stereocenters. The third kappa shape index (κ3) is 3.04. The molecule has 3 heterocycles. The summed E-state index contributed by atoms with van der Waals surface area (Å²) in [6, 6.07) is 11.1. The molecule has 0 N–H and O–H groups in total. The smallest absolute Gasteiger partial charge is 0.343 e. The lowest BCUT2D eigenvalue weighted by atomic mass is 10.2. The van der Waals surface area contributed by atoms with Gasteiger partial charge in [-0.1, -0.05) is 35.5 Å². The highest BCUT2D eigenvalue weighted by atomic mass is 35.5. The SMILES string of the molecule is O=C1CCC2(C(=O)OCc3cc(Cl)c4c(c3)OCCCO4)Sc3ccccc3N12. The molecule has 1 amide bonds. The summed E-state index contributed by atoms with van der Waals surface area (Å²) in [5.74, 6) is 0.595. The molecule has 1 saturated heterocycles. The third-order valence-corrected chi connectivity index (χ3v) is 6.96. The maximum atomic E-state index is 13.1. The fourth-order valence-electron chi connectivity index (χ4n) is 3.90. The predicted molar refractivity (Wildman–Crippen MR) is 109 cm³/mol. The average Bonchev–Trinajstić information content (AvgIpc) is 3.11. The summed E-state index contributed by atoms with van der Waals surface area (Å²) in [5.41, 5.74) is 1.48. The van der Waals surface area contributed by atoms with Crippen LogP contribution in [-0.2, 0) is 20.9 Å². The van der Waals surface area contributed by atoms with Crippen LogP contribution in [0.15, 0.2) is 41.3 Å². The first kappa shape index (κ1) is 18.6. The number of para-hydroxylation sites is 1. The lowest BCUT2D eigenvalue weighted by molar-refractivity contribution is -0.148. The van der Waals surface area contributed by atoms with Crippen molar-refractivity contribution in [1.29, 1.82) is 0 Å². The maximum Gasteiger partial charge on any atom is 0.343 e. The van der Waals surface area contributed by atoms with Crippen molar-refractivity contribution >= 4 is 40.9 Å². The molecule has 0 aromatic heterocycles. The van der Waals surface area contributed by atoms with E-state index in [1.807, 2.05) is 24.3 Å². The van der Waals surface area contributed by atoms with Gasteiger partial charge in [-0.15, -0.1) is 0 Å². The van der Waals surface area contributed by atoms with Crippen molar-refractivity contribution in [3.8, 4) is 11.5 Å². The molecule has 0 saturated carbocycles. The molecule has 0 bridgehead atoms. The Morgan fingerprint density at radius 1 is 1.24 bits per heavy atom. The Morgan fingerprint density at radius 3 is 2.97 bits per heavy atom. The summed E-state index contributed by atoms with van der Waals surface area (Å²) in [4.78, 5) is 27.1. The minimum absolute atomic E-state index is 0.0376. The summed E-state index contributed by atoms with van der Waals surface area (Å²) in [5, 5.41) is 0.425. The number of nitrogens with zero attached hydrogens (tertiary/aromatic N) is 1. The first-order valence-electron chi connectivity index (χ1n) is 9.45. The molecule has 0 radical (unpaired) electrons. The summed E-state index contributed by atoms with van der Waals surface area (Å²) in [7, 11) is 0. The van der Waals surface area contributed by atoms with Crippen LogP contribution in [0.4, 0.5) is 5.69 Å². The molecular formula is C21H18ClNO5S. The number of rotatable bonds is 3. The molecule has 3 aliphatic rings. The molecule has 6 nitrogen and oxygen atoms in total. The first-order valence-corrected chi connectivity index (χ1v) is 10.6. The molecule has 1 fully saturated rings. The molecule has 0 aliphatic carbocycles. The van der Waals surface area contributed by atoms with Crippen molar-refractivity contribution in [2.24, 2.45) is 0 Å². The molecule has 150 valence electrons. The molecule has 3 aliphatic heterocycles. The monoisotopic (exact) mass is 431 g/mol. The Labute approximate surface area is 177 Å². The van der Waals surface area contributed by atoms with E-state index in [0.29, 0.717) is 48.1 Å². The van der Waals surface area contributed by atoms with Gasteiger partial charge in [0.1, 0.15) is 6.61 Å². The second kappa shape index (κ2) is 7.15. The van der Waals surface area contributed by atoms with Gasteiger partial charge in [0.05, 0.1) is 23.9 Å². The minimum atomic E-state index is -1.03. The first-order chi connectivity index (χ1) is 14.1. The van der Waals surface area contributed by atoms with E-state index in [2.05, 4.69) is 0 Å². The van der Waals surface area contributed by atoms with Crippen molar-refractivity contribution in [1.82, 2.24) is 0 Å². The zero-order valence-electron chi connectivity index (χ0n) is 15.5. The van der Waals surface area contributed by atoms with Gasteiger partial charge in [0, 0.05) is 24.2 Å². The number of halogens is 1.